The van der Waals surface area contributed by atoms with Gasteiger partial charge in [-0.3, -0.25) is 0 Å². The second-order valence-corrected chi connectivity index (χ2v) is 6.08. The molecule has 5 nitrogen and oxygen atoms in total. The molecule has 0 bridgehead atoms. The minimum Gasteiger partial charge on any atom is -0.489 e. The Bertz CT molecular complexity index is 632. The van der Waals surface area contributed by atoms with Crippen LogP contribution in [0.2, 0.25) is 0 Å². The number of para-hydroxylation sites is 1. The molecule has 22 heavy (non-hydrogen) atoms. The van der Waals surface area contributed by atoms with Crippen molar-refractivity contribution in [3.63, 3.8) is 0 Å². The van der Waals surface area contributed by atoms with Crippen molar-refractivity contribution in [2.24, 2.45) is 10.9 Å². The number of nitrogens with two attached hydrogens (primary N) is 1. The molecule has 0 saturated heterocycles. The van der Waals surface area contributed by atoms with E-state index >= 15 is 0 Å². The van der Waals surface area contributed by atoms with E-state index < -0.39 is 0 Å². The number of ether oxygens (including phenoxy) is 1. The van der Waals surface area contributed by atoms with E-state index in [2.05, 4.69) is 10.1 Å². The minimum atomic E-state index is 0.352. The van der Waals surface area contributed by atoms with Gasteiger partial charge < -0.3 is 15.3 Å². The number of benzene rings is 1. The lowest BCUT2D eigenvalue weighted by atomic mass is 10.1. The average Bonchev–Trinajstić information content (AvgIpc) is 2.86. The highest BCUT2D eigenvalue weighted by atomic mass is 32.1. The lowest BCUT2D eigenvalue weighted by molar-refractivity contribution is 0.106. The van der Waals surface area contributed by atoms with Gasteiger partial charge in [-0.2, -0.15) is 0 Å². The Morgan fingerprint density at radius 3 is 2.59 bits per heavy atom. The van der Waals surface area contributed by atoms with Gasteiger partial charge in [0.15, 0.2) is 6.61 Å². The zero-order chi connectivity index (χ0) is 15.9. The van der Waals surface area contributed by atoms with Crippen LogP contribution in [0.25, 0.3) is 0 Å². The van der Waals surface area contributed by atoms with E-state index in [0.717, 1.165) is 27.6 Å². The lowest BCUT2D eigenvalue weighted by Gasteiger charge is -2.11. The molecular formula is C16H21N3O2S. The van der Waals surface area contributed by atoms with E-state index in [9.17, 15) is 0 Å². The van der Waals surface area contributed by atoms with Gasteiger partial charge >= 0.3 is 0 Å². The van der Waals surface area contributed by atoms with Crippen molar-refractivity contribution in [1.82, 2.24) is 4.98 Å². The van der Waals surface area contributed by atoms with E-state index in [1.54, 1.807) is 11.3 Å². The van der Waals surface area contributed by atoms with Crippen molar-refractivity contribution in [3.05, 3.63) is 45.4 Å². The number of aryl methyl sites for hydroxylation is 3. The molecule has 0 fully saturated rings. The molecule has 2 rings (SSSR count). The number of rotatable bonds is 7. The fourth-order valence-electron chi connectivity index (χ4n) is 2.04. The molecule has 1 heterocycles. The molecule has 118 valence electrons. The number of hydrogen-bond acceptors (Lipinski definition) is 5. The highest BCUT2D eigenvalue weighted by molar-refractivity contribution is 7.09. The average molecular weight is 319 g/mol. The second kappa shape index (κ2) is 7.79. The Morgan fingerprint density at radius 2 is 1.95 bits per heavy atom. The molecule has 0 aliphatic carbocycles. The van der Waals surface area contributed by atoms with Crippen LogP contribution in [-0.2, 0) is 11.3 Å². The maximum absolute atomic E-state index is 5.81. The Kier molecular flexibility index (Phi) is 5.77. The van der Waals surface area contributed by atoms with Gasteiger partial charge in [-0.05, 0) is 31.9 Å². The summed E-state index contributed by atoms with van der Waals surface area (Å²) >= 11 is 1.60. The van der Waals surface area contributed by atoms with Crippen LogP contribution in [0.3, 0.4) is 0 Å². The number of aromatic nitrogens is 1. The van der Waals surface area contributed by atoms with Gasteiger partial charge in [0, 0.05) is 5.38 Å². The lowest BCUT2D eigenvalue weighted by Crippen LogP contribution is -2.16. The minimum absolute atomic E-state index is 0.352. The van der Waals surface area contributed by atoms with Gasteiger partial charge in [0.05, 0.1) is 17.1 Å². The maximum Gasteiger partial charge on any atom is 0.151 e. The van der Waals surface area contributed by atoms with Crippen LogP contribution in [0, 0.1) is 20.8 Å². The molecule has 0 radical (unpaired) electrons. The molecule has 0 saturated carbocycles. The fraction of sp³-hybridized carbons (Fsp3) is 0.375. The summed E-state index contributed by atoms with van der Waals surface area (Å²) in [4.78, 5) is 9.52. The molecule has 0 aliphatic heterocycles. The van der Waals surface area contributed by atoms with Crippen molar-refractivity contribution in [1.29, 1.82) is 0 Å². The first kappa shape index (κ1) is 16.3. The SMILES string of the molecule is Cc1nc(C/C(N)=N/OCCOc2c(C)cccc2C)cs1. The summed E-state index contributed by atoms with van der Waals surface area (Å²) in [5, 5.41) is 6.88. The van der Waals surface area contributed by atoms with Crippen molar-refractivity contribution < 1.29 is 9.57 Å². The molecule has 1 aromatic heterocycles. The molecule has 2 aromatic rings. The third-order valence-electron chi connectivity index (χ3n) is 3.04. The summed E-state index contributed by atoms with van der Waals surface area (Å²) in [7, 11) is 0. The maximum atomic E-state index is 5.81. The molecule has 1 aromatic carbocycles. The largest absolute Gasteiger partial charge is 0.489 e. The van der Waals surface area contributed by atoms with Gasteiger partial charge in [0.2, 0.25) is 0 Å². The molecule has 0 amide bonds. The zero-order valence-electron chi connectivity index (χ0n) is 13.1. The van der Waals surface area contributed by atoms with Gasteiger partial charge in [0.1, 0.15) is 18.2 Å². The summed E-state index contributed by atoms with van der Waals surface area (Å²) in [6.07, 6.45) is 0.502. The van der Waals surface area contributed by atoms with Crippen molar-refractivity contribution in [2.45, 2.75) is 27.2 Å². The van der Waals surface area contributed by atoms with Crippen LogP contribution >= 0.6 is 11.3 Å². The molecule has 0 atom stereocenters. The normalized spacial score (nSPS) is 11.5. The Labute approximate surface area is 134 Å². The predicted octanol–water partition coefficient (Wildman–Crippen LogP) is 2.98. The van der Waals surface area contributed by atoms with Gasteiger partial charge in [0.25, 0.3) is 0 Å². The van der Waals surface area contributed by atoms with E-state index in [1.165, 1.54) is 0 Å². The topological polar surface area (TPSA) is 69.7 Å². The van der Waals surface area contributed by atoms with Crippen LogP contribution in [0.4, 0.5) is 0 Å². The predicted molar refractivity (Wildman–Crippen MR) is 89.5 cm³/mol. The molecular weight excluding hydrogens is 298 g/mol. The fourth-order valence-corrected chi connectivity index (χ4v) is 2.66. The third kappa shape index (κ3) is 4.73. The smallest absolute Gasteiger partial charge is 0.151 e. The van der Waals surface area contributed by atoms with Crippen molar-refractivity contribution in [3.8, 4) is 5.75 Å². The summed E-state index contributed by atoms with van der Waals surface area (Å²) in [5.41, 5.74) is 8.95. The van der Waals surface area contributed by atoms with Crippen molar-refractivity contribution >= 4 is 17.2 Å². The summed E-state index contributed by atoms with van der Waals surface area (Å²) in [6, 6.07) is 6.06. The van der Waals surface area contributed by atoms with Gasteiger partial charge in [-0.25, -0.2) is 4.98 Å². The highest BCUT2D eigenvalue weighted by Gasteiger charge is 2.04. The summed E-state index contributed by atoms with van der Waals surface area (Å²) in [6.45, 7) is 6.79. The number of oxime groups is 1. The number of thiazole rings is 1. The standard InChI is InChI=1S/C16H21N3O2S/c1-11-5-4-6-12(2)16(11)20-7-8-21-19-15(17)9-14-10-22-13(3)18-14/h4-6,10H,7-9H2,1-3H3,(H2,17,19). The number of nitrogens with zero attached hydrogens (tertiary/aromatic N) is 2. The van der Waals surface area contributed by atoms with Crippen LogP contribution in [0.1, 0.15) is 21.8 Å². The second-order valence-electron chi connectivity index (χ2n) is 5.02. The third-order valence-corrected chi connectivity index (χ3v) is 3.86. The zero-order valence-corrected chi connectivity index (χ0v) is 13.9. The summed E-state index contributed by atoms with van der Waals surface area (Å²) < 4.78 is 5.73. The Hall–Kier alpha value is -2.08. The molecule has 6 heteroatoms. The summed E-state index contributed by atoms with van der Waals surface area (Å²) in [5.74, 6) is 1.32. The molecule has 0 spiro atoms. The van der Waals surface area contributed by atoms with Crippen LogP contribution in [0.15, 0.2) is 28.7 Å². The van der Waals surface area contributed by atoms with Crippen LogP contribution < -0.4 is 10.5 Å². The van der Waals surface area contributed by atoms with Crippen LogP contribution in [0.5, 0.6) is 5.75 Å². The van der Waals surface area contributed by atoms with Gasteiger partial charge in [-0.1, -0.05) is 23.4 Å². The van der Waals surface area contributed by atoms with Crippen molar-refractivity contribution in [2.75, 3.05) is 13.2 Å². The molecule has 2 N–H and O–H groups in total. The molecule has 0 unspecified atom stereocenters. The first-order valence-corrected chi connectivity index (χ1v) is 7.98. The quantitative estimate of drug-likeness (QED) is 0.369. The van der Waals surface area contributed by atoms with E-state index in [-0.39, 0.29) is 0 Å². The highest BCUT2D eigenvalue weighted by Crippen LogP contribution is 2.21. The molecule has 0 aliphatic rings. The van der Waals surface area contributed by atoms with Gasteiger partial charge in [-0.15, -0.1) is 11.3 Å². The van der Waals surface area contributed by atoms with Crippen LogP contribution in [-0.4, -0.2) is 24.0 Å². The Balaban J connectivity index is 1.73. The first-order chi connectivity index (χ1) is 10.6. The monoisotopic (exact) mass is 319 g/mol. The van der Waals surface area contributed by atoms with E-state index in [4.69, 9.17) is 15.3 Å². The first-order valence-electron chi connectivity index (χ1n) is 7.10. The number of amidine groups is 1. The number of hydrogen-bond donors (Lipinski definition) is 1. The van der Waals surface area contributed by atoms with E-state index in [0.29, 0.717) is 25.5 Å². The Morgan fingerprint density at radius 1 is 1.23 bits per heavy atom. The van der Waals surface area contributed by atoms with E-state index in [1.807, 2.05) is 44.4 Å².